The highest BCUT2D eigenvalue weighted by Gasteiger charge is 2.13. The number of methoxy groups -OCH3 is 2. The van der Waals surface area contributed by atoms with Crippen LogP contribution in [-0.4, -0.2) is 14.2 Å². The zero-order valence-corrected chi connectivity index (χ0v) is 11.1. The van der Waals surface area contributed by atoms with Crippen molar-refractivity contribution in [3.8, 4) is 11.5 Å². The molecule has 0 amide bonds. The highest BCUT2D eigenvalue weighted by Crippen LogP contribution is 2.37. The molecule has 2 N–H and O–H groups in total. The molecular formula is C12H16BrNO2. The Morgan fingerprint density at radius 1 is 1.38 bits per heavy atom. The van der Waals surface area contributed by atoms with Crippen LogP contribution in [0.3, 0.4) is 0 Å². The topological polar surface area (TPSA) is 44.5 Å². The van der Waals surface area contributed by atoms with E-state index in [-0.39, 0.29) is 6.04 Å². The molecule has 0 heterocycles. The van der Waals surface area contributed by atoms with Gasteiger partial charge in [-0.05, 0) is 40.0 Å². The molecule has 1 rings (SSSR count). The molecule has 0 saturated heterocycles. The van der Waals surface area contributed by atoms with Gasteiger partial charge in [-0.2, -0.15) is 0 Å². The molecule has 16 heavy (non-hydrogen) atoms. The zero-order chi connectivity index (χ0) is 12.1. The molecule has 0 fully saturated rings. The van der Waals surface area contributed by atoms with Crippen LogP contribution in [0.5, 0.6) is 11.5 Å². The summed E-state index contributed by atoms with van der Waals surface area (Å²) in [5.74, 6) is 1.43. The van der Waals surface area contributed by atoms with Crippen molar-refractivity contribution in [2.24, 2.45) is 5.73 Å². The van der Waals surface area contributed by atoms with Crippen LogP contribution in [0, 0.1) is 0 Å². The second kappa shape index (κ2) is 5.92. The number of benzene rings is 1. The maximum atomic E-state index is 6.01. The van der Waals surface area contributed by atoms with Gasteiger partial charge in [-0.1, -0.05) is 6.08 Å². The first-order chi connectivity index (χ1) is 7.63. The average molecular weight is 286 g/mol. The van der Waals surface area contributed by atoms with Crippen LogP contribution in [0.2, 0.25) is 0 Å². The van der Waals surface area contributed by atoms with Crippen LogP contribution in [-0.2, 0) is 0 Å². The predicted molar refractivity (Wildman–Crippen MR) is 69.0 cm³/mol. The lowest BCUT2D eigenvalue weighted by Crippen LogP contribution is -2.09. The fourth-order valence-corrected chi connectivity index (χ4v) is 1.97. The lowest BCUT2D eigenvalue weighted by atomic mass is 10.0. The molecule has 0 spiro atoms. The van der Waals surface area contributed by atoms with Gasteiger partial charge in [-0.25, -0.2) is 0 Å². The Hall–Kier alpha value is -1.00. The summed E-state index contributed by atoms with van der Waals surface area (Å²) in [7, 11) is 3.23. The minimum absolute atomic E-state index is 0.0894. The smallest absolute Gasteiger partial charge is 0.137 e. The molecule has 3 nitrogen and oxygen atoms in total. The summed E-state index contributed by atoms with van der Waals surface area (Å²) < 4.78 is 11.3. The van der Waals surface area contributed by atoms with Crippen molar-refractivity contribution in [1.29, 1.82) is 0 Å². The van der Waals surface area contributed by atoms with Gasteiger partial charge in [-0.15, -0.1) is 6.58 Å². The van der Waals surface area contributed by atoms with E-state index in [1.807, 2.05) is 12.1 Å². The molecule has 1 aromatic rings. The van der Waals surface area contributed by atoms with Crippen LogP contribution < -0.4 is 15.2 Å². The third kappa shape index (κ3) is 2.77. The predicted octanol–water partition coefficient (Wildman–Crippen LogP) is 3.04. The number of rotatable bonds is 5. The van der Waals surface area contributed by atoms with Crippen LogP contribution in [0.25, 0.3) is 0 Å². The van der Waals surface area contributed by atoms with Gasteiger partial charge in [0.15, 0.2) is 0 Å². The molecule has 0 saturated carbocycles. The summed E-state index contributed by atoms with van der Waals surface area (Å²) in [6.07, 6.45) is 2.51. The third-order valence-electron chi connectivity index (χ3n) is 2.32. The SMILES string of the molecule is C=CC[C@H](N)c1cc(OC)c(Br)c(OC)c1. The van der Waals surface area contributed by atoms with Gasteiger partial charge in [0.2, 0.25) is 0 Å². The van der Waals surface area contributed by atoms with E-state index in [9.17, 15) is 0 Å². The number of hydrogen-bond acceptors (Lipinski definition) is 3. The van der Waals surface area contributed by atoms with E-state index in [1.54, 1.807) is 20.3 Å². The van der Waals surface area contributed by atoms with E-state index in [2.05, 4.69) is 22.5 Å². The molecule has 88 valence electrons. The summed E-state index contributed by atoms with van der Waals surface area (Å²) >= 11 is 3.41. The van der Waals surface area contributed by atoms with Gasteiger partial charge in [0.05, 0.1) is 14.2 Å². The van der Waals surface area contributed by atoms with Crippen molar-refractivity contribution in [3.05, 3.63) is 34.8 Å². The monoisotopic (exact) mass is 285 g/mol. The maximum Gasteiger partial charge on any atom is 0.137 e. The normalized spacial score (nSPS) is 12.0. The maximum absolute atomic E-state index is 6.01. The minimum Gasteiger partial charge on any atom is -0.495 e. The summed E-state index contributed by atoms with van der Waals surface area (Å²) in [5.41, 5.74) is 6.97. The lowest BCUT2D eigenvalue weighted by molar-refractivity contribution is 0.388. The fraction of sp³-hybridized carbons (Fsp3) is 0.333. The van der Waals surface area contributed by atoms with Crippen molar-refractivity contribution in [3.63, 3.8) is 0 Å². The van der Waals surface area contributed by atoms with Gasteiger partial charge in [0, 0.05) is 6.04 Å². The zero-order valence-electron chi connectivity index (χ0n) is 9.50. The summed E-state index contributed by atoms with van der Waals surface area (Å²) in [5, 5.41) is 0. The van der Waals surface area contributed by atoms with E-state index < -0.39 is 0 Å². The molecular weight excluding hydrogens is 270 g/mol. The van der Waals surface area contributed by atoms with E-state index in [0.717, 1.165) is 10.0 Å². The molecule has 0 radical (unpaired) electrons. The Bertz CT molecular complexity index is 354. The standard InChI is InChI=1S/C12H16BrNO2/c1-4-5-9(14)8-6-10(15-2)12(13)11(7-8)16-3/h4,6-7,9H,1,5,14H2,2-3H3/t9-/m0/s1. The summed E-state index contributed by atoms with van der Waals surface area (Å²) in [4.78, 5) is 0. The molecule has 0 aromatic heterocycles. The lowest BCUT2D eigenvalue weighted by Gasteiger charge is -2.15. The number of nitrogens with two attached hydrogens (primary N) is 1. The van der Waals surface area contributed by atoms with Crippen LogP contribution in [0.4, 0.5) is 0 Å². The summed E-state index contributed by atoms with van der Waals surface area (Å²) in [6, 6.07) is 3.72. The van der Waals surface area contributed by atoms with Crippen LogP contribution in [0.15, 0.2) is 29.3 Å². The molecule has 0 aliphatic carbocycles. The van der Waals surface area contributed by atoms with Crippen molar-refractivity contribution >= 4 is 15.9 Å². The van der Waals surface area contributed by atoms with Gasteiger partial charge in [-0.3, -0.25) is 0 Å². The Morgan fingerprint density at radius 3 is 2.25 bits per heavy atom. The van der Waals surface area contributed by atoms with E-state index in [4.69, 9.17) is 15.2 Å². The van der Waals surface area contributed by atoms with E-state index in [0.29, 0.717) is 17.9 Å². The fourth-order valence-electron chi connectivity index (χ4n) is 1.42. The van der Waals surface area contributed by atoms with Gasteiger partial charge >= 0.3 is 0 Å². The Kier molecular flexibility index (Phi) is 4.83. The second-order valence-corrected chi connectivity index (χ2v) is 4.16. The quantitative estimate of drug-likeness (QED) is 0.846. The molecule has 1 aromatic carbocycles. The van der Waals surface area contributed by atoms with Gasteiger partial charge in [0.1, 0.15) is 16.0 Å². The first-order valence-corrected chi connectivity index (χ1v) is 5.71. The Balaban J connectivity index is 3.15. The first-order valence-electron chi connectivity index (χ1n) is 4.92. The molecule has 4 heteroatoms. The molecule has 0 aliphatic heterocycles. The van der Waals surface area contributed by atoms with E-state index >= 15 is 0 Å². The van der Waals surface area contributed by atoms with Gasteiger partial charge in [0.25, 0.3) is 0 Å². The molecule has 1 atom stereocenters. The van der Waals surface area contributed by atoms with Crippen molar-refractivity contribution in [2.45, 2.75) is 12.5 Å². The molecule has 0 bridgehead atoms. The van der Waals surface area contributed by atoms with Crippen molar-refractivity contribution < 1.29 is 9.47 Å². The highest BCUT2D eigenvalue weighted by atomic mass is 79.9. The highest BCUT2D eigenvalue weighted by molar-refractivity contribution is 9.10. The van der Waals surface area contributed by atoms with Crippen LogP contribution in [0.1, 0.15) is 18.0 Å². The third-order valence-corrected chi connectivity index (χ3v) is 3.10. The average Bonchev–Trinajstić information content (AvgIpc) is 2.29. The minimum atomic E-state index is -0.0894. The second-order valence-electron chi connectivity index (χ2n) is 3.37. The first kappa shape index (κ1) is 13.1. The van der Waals surface area contributed by atoms with Crippen LogP contribution >= 0.6 is 15.9 Å². The number of halogens is 1. The number of ether oxygens (including phenoxy) is 2. The van der Waals surface area contributed by atoms with Crippen molar-refractivity contribution in [1.82, 2.24) is 0 Å². The Labute approximate surface area is 104 Å². The molecule has 0 aliphatic rings. The Morgan fingerprint density at radius 2 is 1.88 bits per heavy atom. The largest absolute Gasteiger partial charge is 0.495 e. The van der Waals surface area contributed by atoms with Gasteiger partial charge < -0.3 is 15.2 Å². The van der Waals surface area contributed by atoms with Crippen molar-refractivity contribution in [2.75, 3.05) is 14.2 Å². The molecule has 0 unspecified atom stereocenters. The van der Waals surface area contributed by atoms with E-state index in [1.165, 1.54) is 0 Å². The number of hydrogen-bond donors (Lipinski definition) is 1. The summed E-state index contributed by atoms with van der Waals surface area (Å²) in [6.45, 7) is 3.68.